The number of ether oxygens (including phenoxy) is 6. The van der Waals surface area contributed by atoms with E-state index in [2.05, 4.69) is 13.2 Å². The summed E-state index contributed by atoms with van der Waals surface area (Å²) in [4.78, 5) is 60.7. The Morgan fingerprint density at radius 1 is 0.583 bits per heavy atom. The molecule has 0 saturated carbocycles. The second-order valence-electron chi connectivity index (χ2n) is 10.5. The highest BCUT2D eigenvalue weighted by atomic mass is 16.5. The van der Waals surface area contributed by atoms with E-state index >= 15 is 0 Å². The molecule has 0 aliphatic heterocycles. The van der Waals surface area contributed by atoms with Gasteiger partial charge in [-0.3, -0.25) is 4.79 Å². The van der Waals surface area contributed by atoms with Crippen LogP contribution in [-0.4, -0.2) is 56.1 Å². The van der Waals surface area contributed by atoms with Gasteiger partial charge in [-0.15, -0.1) is 0 Å². The largest absolute Gasteiger partial charge is 0.494 e. The van der Waals surface area contributed by atoms with Gasteiger partial charge in [0.25, 0.3) is 0 Å². The molecule has 0 atom stereocenters. The Morgan fingerprint density at radius 3 is 1.50 bits per heavy atom. The van der Waals surface area contributed by atoms with Crippen molar-refractivity contribution in [3.63, 3.8) is 0 Å². The van der Waals surface area contributed by atoms with Gasteiger partial charge < -0.3 is 28.4 Å². The molecule has 0 heterocycles. The summed E-state index contributed by atoms with van der Waals surface area (Å²) in [7, 11) is 0. The molecule has 0 N–H and O–H groups in total. The van der Waals surface area contributed by atoms with Gasteiger partial charge in [-0.25, -0.2) is 19.2 Å². The molecular formula is C37H36O11. The van der Waals surface area contributed by atoms with Crippen LogP contribution < -0.4 is 18.9 Å². The summed E-state index contributed by atoms with van der Waals surface area (Å²) in [6, 6.07) is 15.8. The molecule has 0 spiro atoms. The SMILES string of the molecule is C=CC(=O)OCCCCOc1ccc(C(=O)Oc2ccc(OC(=O)c3ccc(OCCCCOC(=O)C=C)cc3)c3c2CCC3=O)cc1. The fraction of sp³-hybridized carbons (Fsp3) is 0.270. The van der Waals surface area contributed by atoms with E-state index in [4.69, 9.17) is 28.4 Å². The topological polar surface area (TPSA) is 141 Å². The van der Waals surface area contributed by atoms with Gasteiger partial charge in [-0.05, 0) is 92.8 Å². The first-order valence-corrected chi connectivity index (χ1v) is 15.5. The maximum absolute atomic E-state index is 12.9. The van der Waals surface area contributed by atoms with Crippen LogP contribution in [0.5, 0.6) is 23.0 Å². The Bertz CT molecular complexity index is 1640. The van der Waals surface area contributed by atoms with Crippen LogP contribution in [0.15, 0.2) is 86.0 Å². The van der Waals surface area contributed by atoms with Crippen molar-refractivity contribution in [2.75, 3.05) is 26.4 Å². The molecular weight excluding hydrogens is 620 g/mol. The van der Waals surface area contributed by atoms with Crippen molar-refractivity contribution < 1.29 is 52.4 Å². The molecule has 250 valence electrons. The minimum Gasteiger partial charge on any atom is -0.494 e. The maximum Gasteiger partial charge on any atom is 0.343 e. The van der Waals surface area contributed by atoms with E-state index in [1.165, 1.54) is 12.1 Å². The summed E-state index contributed by atoms with van der Waals surface area (Å²) in [5, 5.41) is 0. The maximum atomic E-state index is 12.9. The number of ketones is 1. The molecule has 1 aliphatic rings. The third-order valence-corrected chi connectivity index (χ3v) is 7.13. The van der Waals surface area contributed by atoms with Gasteiger partial charge in [0, 0.05) is 24.1 Å². The van der Waals surface area contributed by atoms with Gasteiger partial charge in [-0.1, -0.05) is 13.2 Å². The van der Waals surface area contributed by atoms with E-state index in [0.717, 1.165) is 12.2 Å². The average molecular weight is 657 g/mol. The first kappa shape index (κ1) is 35.1. The zero-order valence-electron chi connectivity index (χ0n) is 26.4. The second kappa shape index (κ2) is 17.8. The Hall–Kier alpha value is -5.71. The highest BCUT2D eigenvalue weighted by Gasteiger charge is 2.29. The number of benzene rings is 3. The van der Waals surface area contributed by atoms with Crippen LogP contribution in [0.4, 0.5) is 0 Å². The van der Waals surface area contributed by atoms with E-state index < -0.39 is 23.9 Å². The minimum absolute atomic E-state index is 0.0927. The summed E-state index contributed by atoms with van der Waals surface area (Å²) in [6.45, 7) is 8.05. The van der Waals surface area contributed by atoms with Crippen LogP contribution >= 0.6 is 0 Å². The van der Waals surface area contributed by atoms with Crippen LogP contribution in [0.2, 0.25) is 0 Å². The molecule has 4 rings (SSSR count). The number of unbranched alkanes of at least 4 members (excludes halogenated alkanes) is 2. The third kappa shape index (κ3) is 10.1. The van der Waals surface area contributed by atoms with E-state index in [0.29, 0.717) is 62.4 Å². The van der Waals surface area contributed by atoms with E-state index in [9.17, 15) is 24.0 Å². The molecule has 0 saturated heterocycles. The standard InChI is InChI=1S/C37H36O11/c1-3-33(39)45-23-7-5-21-43-27-13-9-25(10-14-27)36(41)47-31-19-20-32(35-29(31)17-18-30(35)38)48-37(42)26-11-15-28(16-12-26)44-22-6-8-24-46-34(40)4-2/h3-4,9-16,19-20H,1-2,5-8,17-18,21-24H2. The van der Waals surface area contributed by atoms with Crippen LogP contribution in [0, 0.1) is 0 Å². The molecule has 48 heavy (non-hydrogen) atoms. The molecule has 0 unspecified atom stereocenters. The van der Waals surface area contributed by atoms with Crippen molar-refractivity contribution in [1.82, 2.24) is 0 Å². The van der Waals surface area contributed by atoms with E-state index in [-0.39, 0.29) is 53.6 Å². The summed E-state index contributed by atoms with van der Waals surface area (Å²) in [5.74, 6) is -0.979. The van der Waals surface area contributed by atoms with Crippen LogP contribution in [-0.2, 0) is 25.5 Å². The predicted octanol–water partition coefficient (Wildman–Crippen LogP) is 6.03. The van der Waals surface area contributed by atoms with Crippen LogP contribution in [0.1, 0.15) is 68.7 Å². The second-order valence-corrected chi connectivity index (χ2v) is 10.5. The number of rotatable bonds is 18. The van der Waals surface area contributed by atoms with Crippen molar-refractivity contribution in [3.05, 3.63) is 108 Å². The molecule has 3 aromatic rings. The van der Waals surface area contributed by atoms with Gasteiger partial charge in [0.15, 0.2) is 5.78 Å². The zero-order chi connectivity index (χ0) is 34.3. The van der Waals surface area contributed by atoms with Crippen LogP contribution in [0.3, 0.4) is 0 Å². The zero-order valence-corrected chi connectivity index (χ0v) is 26.4. The Morgan fingerprint density at radius 2 is 1.02 bits per heavy atom. The molecule has 11 nitrogen and oxygen atoms in total. The van der Waals surface area contributed by atoms with Crippen molar-refractivity contribution in [2.45, 2.75) is 38.5 Å². The van der Waals surface area contributed by atoms with Crippen molar-refractivity contribution in [1.29, 1.82) is 0 Å². The Balaban J connectivity index is 1.28. The quantitative estimate of drug-likeness (QED) is 0.0686. The monoisotopic (exact) mass is 656 g/mol. The normalized spacial score (nSPS) is 11.5. The number of hydrogen-bond acceptors (Lipinski definition) is 11. The molecule has 11 heteroatoms. The van der Waals surface area contributed by atoms with Crippen LogP contribution in [0.25, 0.3) is 0 Å². The van der Waals surface area contributed by atoms with E-state index in [1.807, 2.05) is 0 Å². The lowest BCUT2D eigenvalue weighted by atomic mass is 10.1. The molecule has 0 bridgehead atoms. The lowest BCUT2D eigenvalue weighted by molar-refractivity contribution is -0.138. The molecule has 0 aromatic heterocycles. The van der Waals surface area contributed by atoms with E-state index in [1.54, 1.807) is 48.5 Å². The highest BCUT2D eigenvalue weighted by molar-refractivity contribution is 6.05. The van der Waals surface area contributed by atoms with Crippen molar-refractivity contribution >= 4 is 29.7 Å². The smallest absolute Gasteiger partial charge is 0.343 e. The molecule has 0 radical (unpaired) electrons. The Labute approximate surface area is 278 Å². The first-order valence-electron chi connectivity index (χ1n) is 15.5. The number of fused-ring (bicyclic) bond motifs is 1. The first-order chi connectivity index (χ1) is 23.3. The number of carbonyl (C=O) groups excluding carboxylic acids is 5. The fourth-order valence-corrected chi connectivity index (χ4v) is 4.65. The summed E-state index contributed by atoms with van der Waals surface area (Å²) < 4.78 is 32.4. The highest BCUT2D eigenvalue weighted by Crippen LogP contribution is 2.38. The lowest BCUT2D eigenvalue weighted by Gasteiger charge is -2.13. The number of hydrogen-bond donors (Lipinski definition) is 0. The molecule has 3 aromatic carbocycles. The van der Waals surface area contributed by atoms with Crippen molar-refractivity contribution in [3.8, 4) is 23.0 Å². The third-order valence-electron chi connectivity index (χ3n) is 7.13. The minimum atomic E-state index is -0.657. The molecule has 0 amide bonds. The van der Waals surface area contributed by atoms with Gasteiger partial charge in [0.2, 0.25) is 0 Å². The van der Waals surface area contributed by atoms with Gasteiger partial charge in [-0.2, -0.15) is 0 Å². The summed E-state index contributed by atoms with van der Waals surface area (Å²) >= 11 is 0. The lowest BCUT2D eigenvalue weighted by Crippen LogP contribution is -2.13. The molecule has 1 aliphatic carbocycles. The van der Waals surface area contributed by atoms with Gasteiger partial charge in [0.05, 0.1) is 43.1 Å². The summed E-state index contributed by atoms with van der Waals surface area (Å²) in [6.07, 6.45) is 5.37. The number of Topliss-reactive ketones (excluding diaryl/α,β-unsaturated/α-hetero) is 1. The fourth-order valence-electron chi connectivity index (χ4n) is 4.65. The summed E-state index contributed by atoms with van der Waals surface area (Å²) in [5.41, 5.74) is 1.26. The van der Waals surface area contributed by atoms with Gasteiger partial charge in [0.1, 0.15) is 23.0 Å². The number of esters is 4. The number of carbonyl (C=O) groups is 5. The predicted molar refractivity (Wildman–Crippen MR) is 174 cm³/mol. The average Bonchev–Trinajstić information content (AvgIpc) is 3.50. The van der Waals surface area contributed by atoms with Gasteiger partial charge >= 0.3 is 23.9 Å². The Kier molecular flexibility index (Phi) is 13.1. The van der Waals surface area contributed by atoms with Crippen molar-refractivity contribution in [2.24, 2.45) is 0 Å². The molecule has 0 fully saturated rings.